The molecule has 1 aromatic carbocycles. The van der Waals surface area contributed by atoms with Crippen molar-refractivity contribution in [2.75, 3.05) is 20.1 Å². The Bertz CT molecular complexity index is 1170. The molecular weight excluding hydrogens is 348 g/mol. The summed E-state index contributed by atoms with van der Waals surface area (Å²) in [6.07, 6.45) is 6.29. The lowest BCUT2D eigenvalue weighted by atomic mass is 9.89. The maximum absolute atomic E-state index is 4.78. The van der Waals surface area contributed by atoms with Crippen molar-refractivity contribution < 1.29 is 0 Å². The van der Waals surface area contributed by atoms with E-state index in [1.165, 1.54) is 31.5 Å². The molecule has 6 heteroatoms. The lowest BCUT2D eigenvalue weighted by Gasteiger charge is -2.29. The highest BCUT2D eigenvalue weighted by molar-refractivity contribution is 5.80. The number of hydrogen-bond acceptors (Lipinski definition) is 5. The van der Waals surface area contributed by atoms with Crippen LogP contribution in [0.3, 0.4) is 0 Å². The first kappa shape index (κ1) is 17.3. The topological polar surface area (TPSA) is 59.2 Å². The monoisotopic (exact) mass is 372 g/mol. The van der Waals surface area contributed by atoms with Crippen molar-refractivity contribution in [3.05, 3.63) is 53.6 Å². The van der Waals surface area contributed by atoms with Crippen LogP contribution < -0.4 is 0 Å². The van der Waals surface area contributed by atoms with E-state index in [9.17, 15) is 0 Å². The first-order valence-corrected chi connectivity index (χ1v) is 9.86. The third-order valence-corrected chi connectivity index (χ3v) is 5.78. The fraction of sp³-hybridized carbons (Fsp3) is 0.364. The third kappa shape index (κ3) is 3.03. The average Bonchev–Trinajstić information content (AvgIpc) is 3.12. The van der Waals surface area contributed by atoms with Crippen molar-refractivity contribution in [3.63, 3.8) is 0 Å². The molecule has 6 nitrogen and oxygen atoms in total. The molecule has 1 aliphatic rings. The molecule has 0 bridgehead atoms. The molecule has 0 radical (unpaired) electrons. The maximum atomic E-state index is 4.78. The first-order chi connectivity index (χ1) is 13.6. The summed E-state index contributed by atoms with van der Waals surface area (Å²) in [5.74, 6) is 1.29. The van der Waals surface area contributed by atoms with Crippen molar-refractivity contribution in [2.24, 2.45) is 0 Å². The Balaban J connectivity index is 1.50. The number of benzene rings is 1. The molecule has 0 spiro atoms. The van der Waals surface area contributed by atoms with Crippen molar-refractivity contribution in [3.8, 4) is 11.5 Å². The molecule has 1 saturated heterocycles. The van der Waals surface area contributed by atoms with E-state index in [2.05, 4.69) is 45.2 Å². The summed E-state index contributed by atoms with van der Waals surface area (Å²) in [5.41, 5.74) is 6.04. The lowest BCUT2D eigenvalue weighted by Crippen LogP contribution is -2.29. The van der Waals surface area contributed by atoms with E-state index in [1.54, 1.807) is 0 Å². The van der Waals surface area contributed by atoms with E-state index in [0.29, 0.717) is 11.7 Å². The van der Waals surface area contributed by atoms with Crippen LogP contribution in [0.25, 0.3) is 27.9 Å². The van der Waals surface area contributed by atoms with Crippen LogP contribution in [0.15, 0.2) is 36.7 Å². The predicted molar refractivity (Wildman–Crippen MR) is 110 cm³/mol. The summed E-state index contributed by atoms with van der Waals surface area (Å²) < 4.78 is 1.86. The minimum absolute atomic E-state index is 0.637. The van der Waals surface area contributed by atoms with Crippen LogP contribution in [0, 0.1) is 13.8 Å². The molecular formula is C22H24N6. The number of piperidine rings is 1. The quantitative estimate of drug-likeness (QED) is 0.536. The van der Waals surface area contributed by atoms with Crippen LogP contribution in [-0.4, -0.2) is 49.6 Å². The predicted octanol–water partition coefficient (Wildman–Crippen LogP) is 3.77. The third-order valence-electron chi connectivity index (χ3n) is 5.78. The van der Waals surface area contributed by atoms with Gasteiger partial charge in [0.25, 0.3) is 0 Å². The van der Waals surface area contributed by atoms with Crippen LogP contribution >= 0.6 is 0 Å². The van der Waals surface area contributed by atoms with Crippen LogP contribution in [0.1, 0.15) is 35.7 Å². The van der Waals surface area contributed by atoms with E-state index >= 15 is 0 Å². The second-order valence-electron chi connectivity index (χ2n) is 7.92. The first-order valence-electron chi connectivity index (χ1n) is 9.86. The second kappa shape index (κ2) is 6.63. The summed E-state index contributed by atoms with van der Waals surface area (Å²) in [7, 11) is 2.20. The van der Waals surface area contributed by atoms with Gasteiger partial charge in [-0.25, -0.2) is 14.5 Å². The minimum atomic E-state index is 0.637. The number of nitrogens with zero attached hydrogens (tertiary/aromatic N) is 6. The standard InChI is InChI=1S/C22H24N6/c1-14-13-28-21(15(2)24-14)11-20(26-28)22-23-12-18-10-17(4-5-19(18)25-22)16-6-8-27(3)9-7-16/h4-5,10-13,16H,6-9H2,1-3H3. The molecule has 1 aliphatic heterocycles. The molecule has 4 aromatic rings. The van der Waals surface area contributed by atoms with Gasteiger partial charge < -0.3 is 4.90 Å². The van der Waals surface area contributed by atoms with Crippen molar-refractivity contribution in [1.29, 1.82) is 0 Å². The molecule has 1 fully saturated rings. The molecule has 0 amide bonds. The molecule has 3 aromatic heterocycles. The largest absolute Gasteiger partial charge is 0.306 e. The summed E-state index contributed by atoms with van der Waals surface area (Å²) in [4.78, 5) is 16.3. The molecule has 0 atom stereocenters. The Kier molecular flexibility index (Phi) is 4.09. The maximum Gasteiger partial charge on any atom is 0.180 e. The molecule has 0 saturated carbocycles. The highest BCUT2D eigenvalue weighted by Gasteiger charge is 2.19. The zero-order chi connectivity index (χ0) is 19.3. The van der Waals surface area contributed by atoms with E-state index in [0.717, 1.165) is 33.5 Å². The molecule has 0 aliphatic carbocycles. The zero-order valence-corrected chi connectivity index (χ0v) is 16.6. The van der Waals surface area contributed by atoms with Gasteiger partial charge in [0.1, 0.15) is 5.69 Å². The van der Waals surface area contributed by atoms with Gasteiger partial charge in [-0.15, -0.1) is 0 Å². The Morgan fingerprint density at radius 1 is 1.04 bits per heavy atom. The highest BCUT2D eigenvalue weighted by Crippen LogP contribution is 2.30. The van der Waals surface area contributed by atoms with E-state index in [-0.39, 0.29) is 0 Å². The summed E-state index contributed by atoms with van der Waals surface area (Å²) in [6.45, 7) is 6.31. The Morgan fingerprint density at radius 2 is 1.86 bits per heavy atom. The molecule has 0 N–H and O–H groups in total. The smallest absolute Gasteiger partial charge is 0.180 e. The van der Waals surface area contributed by atoms with Gasteiger partial charge in [-0.1, -0.05) is 6.07 Å². The highest BCUT2D eigenvalue weighted by atomic mass is 15.2. The average molecular weight is 372 g/mol. The molecule has 5 rings (SSSR count). The van der Waals surface area contributed by atoms with Crippen molar-refractivity contribution >= 4 is 16.4 Å². The summed E-state index contributed by atoms with van der Waals surface area (Å²) in [5, 5.41) is 5.75. The van der Waals surface area contributed by atoms with Gasteiger partial charge in [0.05, 0.1) is 28.6 Å². The fourth-order valence-corrected chi connectivity index (χ4v) is 4.17. The normalized spacial score (nSPS) is 16.2. The molecule has 4 heterocycles. The van der Waals surface area contributed by atoms with Gasteiger partial charge in [0.15, 0.2) is 5.82 Å². The number of rotatable bonds is 2. The van der Waals surface area contributed by atoms with Gasteiger partial charge >= 0.3 is 0 Å². The second-order valence-corrected chi connectivity index (χ2v) is 7.92. The van der Waals surface area contributed by atoms with Crippen LogP contribution in [0.2, 0.25) is 0 Å². The minimum Gasteiger partial charge on any atom is -0.306 e. The lowest BCUT2D eigenvalue weighted by molar-refractivity contribution is 0.255. The number of fused-ring (bicyclic) bond motifs is 2. The van der Waals surface area contributed by atoms with Gasteiger partial charge in [-0.05, 0) is 76.5 Å². The molecule has 0 unspecified atom stereocenters. The zero-order valence-electron chi connectivity index (χ0n) is 16.6. The number of hydrogen-bond donors (Lipinski definition) is 0. The summed E-state index contributed by atoms with van der Waals surface area (Å²) >= 11 is 0. The molecule has 142 valence electrons. The van der Waals surface area contributed by atoms with Crippen molar-refractivity contribution in [1.82, 2.24) is 29.5 Å². The van der Waals surface area contributed by atoms with Gasteiger partial charge in [-0.3, -0.25) is 4.98 Å². The van der Waals surface area contributed by atoms with E-state index < -0.39 is 0 Å². The Hall–Kier alpha value is -2.86. The SMILES string of the molecule is Cc1cn2nc(-c3ncc4cc(C5CCN(C)CC5)ccc4n3)cc2c(C)n1. The fourth-order valence-electron chi connectivity index (χ4n) is 4.17. The van der Waals surface area contributed by atoms with Crippen LogP contribution in [0.4, 0.5) is 0 Å². The van der Waals surface area contributed by atoms with Crippen LogP contribution in [-0.2, 0) is 0 Å². The van der Waals surface area contributed by atoms with Gasteiger partial charge in [-0.2, -0.15) is 5.10 Å². The van der Waals surface area contributed by atoms with Crippen molar-refractivity contribution in [2.45, 2.75) is 32.6 Å². The summed E-state index contributed by atoms with van der Waals surface area (Å²) in [6, 6.07) is 8.63. The van der Waals surface area contributed by atoms with E-state index in [1.807, 2.05) is 36.8 Å². The Morgan fingerprint density at radius 3 is 2.68 bits per heavy atom. The van der Waals surface area contributed by atoms with Gasteiger partial charge in [0.2, 0.25) is 0 Å². The number of likely N-dealkylation sites (tertiary alicyclic amines) is 1. The number of aromatic nitrogens is 5. The Labute approximate surface area is 164 Å². The van der Waals surface area contributed by atoms with Gasteiger partial charge in [0, 0.05) is 11.6 Å². The number of aryl methyl sites for hydroxylation is 2. The molecule has 28 heavy (non-hydrogen) atoms. The van der Waals surface area contributed by atoms with Crippen LogP contribution in [0.5, 0.6) is 0 Å². The van der Waals surface area contributed by atoms with E-state index in [4.69, 9.17) is 4.98 Å².